The van der Waals surface area contributed by atoms with Crippen molar-refractivity contribution in [3.05, 3.63) is 21.9 Å². The van der Waals surface area contributed by atoms with E-state index in [-0.39, 0.29) is 6.61 Å². The topological polar surface area (TPSA) is 63.9 Å². The van der Waals surface area contributed by atoms with Crippen LogP contribution in [0.3, 0.4) is 0 Å². The van der Waals surface area contributed by atoms with Crippen LogP contribution in [0.2, 0.25) is 0 Å². The minimum atomic E-state index is -0.631. The van der Waals surface area contributed by atoms with Crippen LogP contribution in [-0.2, 0) is 6.54 Å². The molecule has 2 unspecified atom stereocenters. The van der Waals surface area contributed by atoms with Crippen molar-refractivity contribution in [2.24, 2.45) is 0 Å². The summed E-state index contributed by atoms with van der Waals surface area (Å²) in [6.07, 6.45) is -0.764. The molecule has 2 atom stereocenters. The Hall–Kier alpha value is -0.900. The van der Waals surface area contributed by atoms with E-state index in [4.69, 9.17) is 5.11 Å². The molecule has 1 aromatic rings. The maximum Gasteiger partial charge on any atom is 0.0938 e. The van der Waals surface area contributed by atoms with E-state index in [1.165, 1.54) is 4.88 Å². The Balaban J connectivity index is 1.90. The van der Waals surface area contributed by atoms with Crippen LogP contribution in [0.5, 0.6) is 0 Å². The van der Waals surface area contributed by atoms with Crippen LogP contribution >= 0.6 is 11.3 Å². The van der Waals surface area contributed by atoms with Gasteiger partial charge in [0.25, 0.3) is 0 Å². The third-order valence-electron chi connectivity index (χ3n) is 2.82. The molecule has 0 radical (unpaired) electrons. The molecule has 0 bridgehead atoms. The highest BCUT2D eigenvalue weighted by Crippen LogP contribution is 2.20. The van der Waals surface area contributed by atoms with Gasteiger partial charge in [-0.05, 0) is 12.1 Å². The van der Waals surface area contributed by atoms with Gasteiger partial charge in [-0.1, -0.05) is 11.8 Å². The van der Waals surface area contributed by atoms with Gasteiger partial charge < -0.3 is 15.3 Å². The summed E-state index contributed by atoms with van der Waals surface area (Å²) < 4.78 is 0. The molecular weight excluding hydrogens is 250 g/mol. The highest BCUT2D eigenvalue weighted by molar-refractivity contribution is 7.12. The van der Waals surface area contributed by atoms with E-state index in [1.54, 1.807) is 11.3 Å². The lowest BCUT2D eigenvalue weighted by atomic mass is 10.3. The molecule has 2 rings (SSSR count). The first-order valence-corrected chi connectivity index (χ1v) is 6.77. The molecule has 3 N–H and O–H groups in total. The van der Waals surface area contributed by atoms with Gasteiger partial charge in [-0.15, -0.1) is 11.3 Å². The third kappa shape index (κ3) is 3.55. The Morgan fingerprint density at radius 1 is 1.28 bits per heavy atom. The fourth-order valence-electron chi connectivity index (χ4n) is 1.93. The van der Waals surface area contributed by atoms with Crippen molar-refractivity contribution in [3.8, 4) is 11.8 Å². The molecule has 0 amide bonds. The molecule has 4 nitrogen and oxygen atoms in total. The fraction of sp³-hybridized carbons (Fsp3) is 0.538. The predicted octanol–water partition coefficient (Wildman–Crippen LogP) is 0.0194. The van der Waals surface area contributed by atoms with Crippen molar-refractivity contribution in [2.75, 3.05) is 19.7 Å². The van der Waals surface area contributed by atoms with E-state index in [0.29, 0.717) is 19.5 Å². The molecule has 0 spiro atoms. The molecule has 98 valence electrons. The Labute approximate surface area is 110 Å². The lowest BCUT2D eigenvalue weighted by Gasteiger charge is -2.12. The van der Waals surface area contributed by atoms with E-state index in [2.05, 4.69) is 11.8 Å². The second-order valence-corrected chi connectivity index (χ2v) is 5.54. The van der Waals surface area contributed by atoms with Crippen LogP contribution in [0.1, 0.15) is 16.2 Å². The molecule has 1 fully saturated rings. The van der Waals surface area contributed by atoms with E-state index in [0.717, 1.165) is 11.4 Å². The van der Waals surface area contributed by atoms with Gasteiger partial charge in [0.2, 0.25) is 0 Å². The zero-order valence-electron chi connectivity index (χ0n) is 10.0. The van der Waals surface area contributed by atoms with Crippen molar-refractivity contribution >= 4 is 11.3 Å². The standard InChI is InChI=1S/C13H17NO3S/c15-6-2-1-3-10-4-5-11(18-10)7-14-8-12(16)13(17)9-14/h4-5,12-13,15-17H,2,6-9H2. The molecule has 1 aliphatic rings. The van der Waals surface area contributed by atoms with E-state index in [9.17, 15) is 10.2 Å². The number of rotatable bonds is 3. The normalized spacial score (nSPS) is 23.9. The average Bonchev–Trinajstić information content (AvgIpc) is 2.88. The minimum absolute atomic E-state index is 0.0921. The van der Waals surface area contributed by atoms with E-state index < -0.39 is 12.2 Å². The molecule has 1 saturated heterocycles. The number of nitrogens with zero attached hydrogens (tertiary/aromatic N) is 1. The molecule has 5 heteroatoms. The van der Waals surface area contributed by atoms with Crippen molar-refractivity contribution in [3.63, 3.8) is 0 Å². The van der Waals surface area contributed by atoms with Gasteiger partial charge in [-0.2, -0.15) is 0 Å². The largest absolute Gasteiger partial charge is 0.395 e. The molecule has 0 aromatic carbocycles. The Kier molecular flexibility index (Phi) is 4.75. The van der Waals surface area contributed by atoms with Crippen LogP contribution in [0, 0.1) is 11.8 Å². The van der Waals surface area contributed by atoms with Crippen LogP contribution < -0.4 is 0 Å². The number of β-amino-alcohol motifs (C(OH)–C–C–N with tert-alkyl or cyclic N) is 2. The van der Waals surface area contributed by atoms with Gasteiger partial charge in [0.15, 0.2) is 0 Å². The number of aliphatic hydroxyl groups is 3. The second-order valence-electron chi connectivity index (χ2n) is 4.37. The fourth-order valence-corrected chi connectivity index (χ4v) is 2.86. The SMILES string of the molecule is OCCC#Cc1ccc(CN2CC(O)C(O)C2)s1. The molecule has 1 aliphatic heterocycles. The molecule has 18 heavy (non-hydrogen) atoms. The van der Waals surface area contributed by atoms with Crippen molar-refractivity contribution < 1.29 is 15.3 Å². The van der Waals surface area contributed by atoms with Gasteiger partial charge in [-0.3, -0.25) is 4.90 Å². The van der Waals surface area contributed by atoms with Gasteiger partial charge in [0, 0.05) is 30.9 Å². The van der Waals surface area contributed by atoms with Crippen molar-refractivity contribution in [1.82, 2.24) is 4.90 Å². The van der Waals surface area contributed by atoms with Gasteiger partial charge in [-0.25, -0.2) is 0 Å². The number of thiophene rings is 1. The average molecular weight is 267 g/mol. The number of hydrogen-bond acceptors (Lipinski definition) is 5. The summed E-state index contributed by atoms with van der Waals surface area (Å²) in [4.78, 5) is 4.19. The summed E-state index contributed by atoms with van der Waals surface area (Å²) in [5, 5.41) is 27.6. The van der Waals surface area contributed by atoms with E-state index >= 15 is 0 Å². The summed E-state index contributed by atoms with van der Waals surface area (Å²) in [6.45, 7) is 1.87. The maximum absolute atomic E-state index is 9.46. The molecule has 0 aliphatic carbocycles. The third-order valence-corrected chi connectivity index (χ3v) is 3.81. The van der Waals surface area contributed by atoms with Crippen molar-refractivity contribution in [2.45, 2.75) is 25.2 Å². The summed E-state index contributed by atoms with van der Waals surface area (Å²) in [6, 6.07) is 3.98. The quantitative estimate of drug-likeness (QED) is 0.676. The smallest absolute Gasteiger partial charge is 0.0938 e. The summed E-state index contributed by atoms with van der Waals surface area (Å²) >= 11 is 1.61. The van der Waals surface area contributed by atoms with Crippen LogP contribution in [0.15, 0.2) is 12.1 Å². The monoisotopic (exact) mass is 267 g/mol. The maximum atomic E-state index is 9.46. The lowest BCUT2D eigenvalue weighted by molar-refractivity contribution is 0.0572. The van der Waals surface area contributed by atoms with Gasteiger partial charge in [0.1, 0.15) is 0 Å². The van der Waals surface area contributed by atoms with Crippen molar-refractivity contribution in [1.29, 1.82) is 0 Å². The molecule has 0 saturated carbocycles. The first-order valence-electron chi connectivity index (χ1n) is 5.96. The first-order chi connectivity index (χ1) is 8.69. The lowest BCUT2D eigenvalue weighted by Crippen LogP contribution is -2.22. The number of hydrogen-bond donors (Lipinski definition) is 3. The summed E-state index contributed by atoms with van der Waals surface area (Å²) in [7, 11) is 0. The van der Waals surface area contributed by atoms with Gasteiger partial charge in [0.05, 0.1) is 23.7 Å². The van der Waals surface area contributed by atoms with Gasteiger partial charge >= 0.3 is 0 Å². The highest BCUT2D eigenvalue weighted by atomic mass is 32.1. The number of likely N-dealkylation sites (tertiary alicyclic amines) is 1. The minimum Gasteiger partial charge on any atom is -0.395 e. The Morgan fingerprint density at radius 2 is 2.00 bits per heavy atom. The molecule has 1 aromatic heterocycles. The zero-order chi connectivity index (χ0) is 13.0. The molecular formula is C13H17NO3S. The number of aliphatic hydroxyl groups excluding tert-OH is 3. The Bertz CT molecular complexity index is 439. The summed E-state index contributed by atoms with van der Waals surface area (Å²) in [5.41, 5.74) is 0. The van der Waals surface area contributed by atoms with Crippen LogP contribution in [0.4, 0.5) is 0 Å². The van der Waals surface area contributed by atoms with E-state index in [1.807, 2.05) is 17.0 Å². The summed E-state index contributed by atoms with van der Waals surface area (Å²) in [5.74, 6) is 5.89. The highest BCUT2D eigenvalue weighted by Gasteiger charge is 2.29. The van der Waals surface area contributed by atoms with Crippen LogP contribution in [0.25, 0.3) is 0 Å². The zero-order valence-corrected chi connectivity index (χ0v) is 10.9. The predicted molar refractivity (Wildman–Crippen MR) is 70.2 cm³/mol. The first kappa shape index (κ1) is 13.5. The Morgan fingerprint density at radius 3 is 2.67 bits per heavy atom. The molecule has 2 heterocycles. The van der Waals surface area contributed by atoms with Crippen LogP contribution in [-0.4, -0.2) is 52.1 Å². The second kappa shape index (κ2) is 6.32.